The minimum absolute atomic E-state index is 0.0908. The van der Waals surface area contributed by atoms with Gasteiger partial charge in [0.2, 0.25) is 5.03 Å². The molecule has 1 aromatic heterocycles. The fourth-order valence-corrected chi connectivity index (χ4v) is 4.09. The Morgan fingerprint density at radius 3 is 2.58 bits per heavy atom. The Labute approximate surface area is 119 Å². The van der Waals surface area contributed by atoms with Crippen molar-refractivity contribution in [3.63, 3.8) is 0 Å². The number of halogens is 1. The van der Waals surface area contributed by atoms with Crippen LogP contribution in [0.15, 0.2) is 14.8 Å². The molecular weight excluding hydrogens is 340 g/mol. The fourth-order valence-electron chi connectivity index (χ4n) is 1.44. The first-order chi connectivity index (χ1) is 8.71. The average molecular weight is 355 g/mol. The second-order valence-corrected chi connectivity index (χ2v) is 6.60. The molecule has 0 fully saturated rings. The van der Waals surface area contributed by atoms with E-state index in [0.29, 0.717) is 0 Å². The molecule has 0 atom stereocenters. The van der Waals surface area contributed by atoms with Gasteiger partial charge in [-0.25, -0.2) is 13.1 Å². The molecule has 0 unspecified atom stereocenters. The van der Waals surface area contributed by atoms with Crippen molar-refractivity contribution in [1.82, 2.24) is 19.3 Å². The Hall–Kier alpha value is -1.20. The first-order valence-corrected chi connectivity index (χ1v) is 7.48. The Kier molecular flexibility index (Phi) is 4.87. The molecule has 1 heterocycles. The molecule has 19 heavy (non-hydrogen) atoms. The van der Waals surface area contributed by atoms with Crippen LogP contribution in [0.25, 0.3) is 0 Å². The highest BCUT2D eigenvalue weighted by atomic mass is 79.9. The van der Waals surface area contributed by atoms with Crippen LogP contribution in [0.1, 0.15) is 13.8 Å². The summed E-state index contributed by atoms with van der Waals surface area (Å²) in [6.45, 7) is 3.13. The van der Waals surface area contributed by atoms with Crippen molar-refractivity contribution in [2.24, 2.45) is 17.9 Å². The van der Waals surface area contributed by atoms with E-state index >= 15 is 0 Å². The van der Waals surface area contributed by atoms with Crippen molar-refractivity contribution in [3.8, 4) is 0 Å². The monoisotopic (exact) mass is 354 g/mol. The molecule has 0 saturated heterocycles. The van der Waals surface area contributed by atoms with Gasteiger partial charge in [-0.2, -0.15) is 4.31 Å². The third-order valence-corrected chi connectivity index (χ3v) is 5.22. The third kappa shape index (κ3) is 3.22. The van der Waals surface area contributed by atoms with E-state index in [1.165, 1.54) is 7.05 Å². The number of aromatic nitrogens is 3. The predicted molar refractivity (Wildman–Crippen MR) is 71.1 cm³/mol. The molecule has 0 aliphatic rings. The lowest BCUT2D eigenvalue weighted by atomic mass is 10.4. The number of amidine groups is 1. The minimum atomic E-state index is -3.87. The van der Waals surface area contributed by atoms with E-state index in [4.69, 9.17) is 10.9 Å². The number of hydrogen-bond acceptors (Lipinski definition) is 6. The second-order valence-electron chi connectivity index (χ2n) is 4.04. The summed E-state index contributed by atoms with van der Waals surface area (Å²) in [5.74, 6) is -0.205. The summed E-state index contributed by atoms with van der Waals surface area (Å²) in [6, 6.07) is -0.382. The van der Waals surface area contributed by atoms with Crippen LogP contribution >= 0.6 is 15.9 Å². The number of rotatable bonds is 5. The van der Waals surface area contributed by atoms with Gasteiger partial charge in [0.25, 0.3) is 10.0 Å². The zero-order valence-electron chi connectivity index (χ0n) is 10.6. The highest BCUT2D eigenvalue weighted by Gasteiger charge is 2.33. The maximum atomic E-state index is 12.5. The van der Waals surface area contributed by atoms with Crippen LogP contribution in [0.4, 0.5) is 0 Å². The SMILES string of the molecule is CC(C)N(CC(N)=NO)S(=O)(=O)c1c(Br)nnn1C. The first-order valence-electron chi connectivity index (χ1n) is 5.25. The van der Waals surface area contributed by atoms with Gasteiger partial charge >= 0.3 is 0 Å². The molecule has 3 N–H and O–H groups in total. The maximum Gasteiger partial charge on any atom is 0.263 e. The van der Waals surface area contributed by atoms with Gasteiger partial charge in [-0.1, -0.05) is 10.4 Å². The molecule has 0 spiro atoms. The molecule has 11 heteroatoms. The Morgan fingerprint density at radius 1 is 1.63 bits per heavy atom. The predicted octanol–water partition coefficient (Wildman–Crippen LogP) is -0.277. The van der Waals surface area contributed by atoms with Gasteiger partial charge in [0, 0.05) is 13.1 Å². The van der Waals surface area contributed by atoms with Gasteiger partial charge in [0.05, 0.1) is 6.54 Å². The van der Waals surface area contributed by atoms with E-state index in [2.05, 4.69) is 31.4 Å². The van der Waals surface area contributed by atoms with E-state index < -0.39 is 10.0 Å². The van der Waals surface area contributed by atoms with Crippen LogP contribution in [-0.4, -0.2) is 51.3 Å². The molecule has 108 valence electrons. The van der Waals surface area contributed by atoms with Crippen LogP contribution in [0.5, 0.6) is 0 Å². The zero-order chi connectivity index (χ0) is 14.8. The molecule has 9 nitrogen and oxygen atoms in total. The summed E-state index contributed by atoms with van der Waals surface area (Å²) in [7, 11) is -2.41. The fraction of sp³-hybridized carbons (Fsp3) is 0.625. The molecule has 0 radical (unpaired) electrons. The second kappa shape index (κ2) is 5.84. The van der Waals surface area contributed by atoms with Gasteiger partial charge in [-0.3, -0.25) is 0 Å². The van der Waals surface area contributed by atoms with Crippen molar-refractivity contribution in [1.29, 1.82) is 0 Å². The van der Waals surface area contributed by atoms with Crippen molar-refractivity contribution >= 4 is 31.8 Å². The highest BCUT2D eigenvalue weighted by molar-refractivity contribution is 9.10. The smallest absolute Gasteiger partial charge is 0.263 e. The van der Waals surface area contributed by atoms with Crippen molar-refractivity contribution in [2.75, 3.05) is 6.54 Å². The van der Waals surface area contributed by atoms with Gasteiger partial charge in [0.15, 0.2) is 10.4 Å². The van der Waals surface area contributed by atoms with E-state index in [-0.39, 0.29) is 28.1 Å². The summed E-state index contributed by atoms with van der Waals surface area (Å²) in [4.78, 5) is 0. The van der Waals surface area contributed by atoms with Gasteiger partial charge in [0.1, 0.15) is 0 Å². The molecule has 0 amide bonds. The van der Waals surface area contributed by atoms with Gasteiger partial charge in [-0.15, -0.1) is 5.10 Å². The van der Waals surface area contributed by atoms with Crippen LogP contribution in [0, 0.1) is 0 Å². The summed E-state index contributed by atoms with van der Waals surface area (Å²) in [6.07, 6.45) is 0. The standard InChI is InChI=1S/C8H15BrN6O3S/c1-5(2)15(4-6(10)12-16)19(17,18)8-7(9)11-13-14(8)3/h5,16H,4H2,1-3H3,(H2,10,12). The van der Waals surface area contributed by atoms with Gasteiger partial charge < -0.3 is 10.9 Å². The number of oxime groups is 1. The lowest BCUT2D eigenvalue weighted by Crippen LogP contribution is -2.43. The van der Waals surface area contributed by atoms with E-state index in [1.807, 2.05) is 0 Å². The van der Waals surface area contributed by atoms with E-state index in [0.717, 1.165) is 8.99 Å². The Balaban J connectivity index is 3.29. The summed E-state index contributed by atoms with van der Waals surface area (Å²) in [5.41, 5.74) is 5.38. The number of nitrogens with zero attached hydrogens (tertiary/aromatic N) is 5. The van der Waals surface area contributed by atoms with Crippen molar-refractivity contribution in [3.05, 3.63) is 4.60 Å². The van der Waals surface area contributed by atoms with Crippen LogP contribution in [0.2, 0.25) is 0 Å². The van der Waals surface area contributed by atoms with Crippen LogP contribution < -0.4 is 5.73 Å². The summed E-state index contributed by atoms with van der Waals surface area (Å²) >= 11 is 3.04. The molecule has 0 aliphatic carbocycles. The lowest BCUT2D eigenvalue weighted by molar-refractivity contribution is 0.312. The molecule has 0 bridgehead atoms. The maximum absolute atomic E-state index is 12.5. The van der Waals surface area contributed by atoms with E-state index in [1.54, 1.807) is 13.8 Å². The lowest BCUT2D eigenvalue weighted by Gasteiger charge is -2.24. The summed E-state index contributed by atoms with van der Waals surface area (Å²) < 4.78 is 27.4. The summed E-state index contributed by atoms with van der Waals surface area (Å²) in [5, 5.41) is 18.5. The number of aryl methyl sites for hydroxylation is 1. The number of sulfonamides is 1. The molecule has 0 aliphatic heterocycles. The average Bonchev–Trinajstić information content (AvgIpc) is 2.65. The van der Waals surface area contributed by atoms with Crippen LogP contribution in [0.3, 0.4) is 0 Å². The normalized spacial score (nSPS) is 13.5. The Morgan fingerprint density at radius 2 is 2.21 bits per heavy atom. The minimum Gasteiger partial charge on any atom is -0.409 e. The first kappa shape index (κ1) is 15.9. The van der Waals surface area contributed by atoms with Crippen LogP contribution in [-0.2, 0) is 17.1 Å². The largest absolute Gasteiger partial charge is 0.409 e. The molecule has 1 rings (SSSR count). The molecule has 1 aromatic rings. The van der Waals surface area contributed by atoms with Crippen molar-refractivity contribution < 1.29 is 13.6 Å². The quantitative estimate of drug-likeness (QED) is 0.324. The number of hydrogen-bond donors (Lipinski definition) is 2. The molecule has 0 saturated carbocycles. The van der Waals surface area contributed by atoms with Gasteiger partial charge in [-0.05, 0) is 29.8 Å². The zero-order valence-corrected chi connectivity index (χ0v) is 13.1. The van der Waals surface area contributed by atoms with Crippen molar-refractivity contribution in [2.45, 2.75) is 24.9 Å². The highest BCUT2D eigenvalue weighted by Crippen LogP contribution is 2.23. The molecule has 0 aromatic carbocycles. The van der Waals surface area contributed by atoms with E-state index in [9.17, 15) is 8.42 Å². The third-order valence-electron chi connectivity index (χ3n) is 2.31. The molecular formula is C8H15BrN6O3S. The number of nitrogens with two attached hydrogens (primary N) is 1. The topological polar surface area (TPSA) is 127 Å². The Bertz CT molecular complexity index is 562.